The lowest BCUT2D eigenvalue weighted by Gasteiger charge is -2.42. The van der Waals surface area contributed by atoms with E-state index in [0.717, 1.165) is 24.9 Å². The Balaban J connectivity index is 2.26. The lowest BCUT2D eigenvalue weighted by atomic mass is 9.83. The lowest BCUT2D eigenvalue weighted by Crippen LogP contribution is -2.62. The molecule has 1 fully saturated rings. The molecule has 3 N–H and O–H groups in total. The van der Waals surface area contributed by atoms with Crippen molar-refractivity contribution >= 4 is 40.8 Å². The number of benzene rings is 1. The Morgan fingerprint density at radius 2 is 2.06 bits per heavy atom. The topological polar surface area (TPSA) is 87.9 Å². The van der Waals surface area contributed by atoms with Gasteiger partial charge in [-0.25, -0.2) is 0 Å². The highest BCUT2D eigenvalue weighted by Crippen LogP contribution is 2.29. The van der Waals surface area contributed by atoms with E-state index >= 15 is 0 Å². The largest absolute Gasteiger partial charge is 0.465 e. The minimum Gasteiger partial charge on any atom is -0.465 e. The summed E-state index contributed by atoms with van der Waals surface area (Å²) < 4.78 is 5.42. The molecule has 9 heteroatoms. The zero-order valence-corrected chi connectivity index (χ0v) is 23.2. The summed E-state index contributed by atoms with van der Waals surface area (Å²) in [5, 5.41) is 2.95. The fraction of sp³-hybridized carbons (Fsp3) is 0.577. The second-order valence-corrected chi connectivity index (χ2v) is 11.4. The molecule has 1 aliphatic rings. The first-order valence-electron chi connectivity index (χ1n) is 12.0. The molecule has 35 heavy (non-hydrogen) atoms. The van der Waals surface area contributed by atoms with Crippen molar-refractivity contribution in [2.45, 2.75) is 78.4 Å². The Hall–Kier alpha value is -2.16. The van der Waals surface area contributed by atoms with E-state index < -0.39 is 17.0 Å². The number of ether oxygens (including phenoxy) is 1. The van der Waals surface area contributed by atoms with Gasteiger partial charge in [0.25, 0.3) is 5.91 Å². The van der Waals surface area contributed by atoms with Gasteiger partial charge in [0.15, 0.2) is 5.11 Å². The number of nitrogens with one attached hydrogen (secondary N) is 1. The normalized spacial score (nSPS) is 18.7. The summed E-state index contributed by atoms with van der Waals surface area (Å²) in [7, 11) is 0. The number of esters is 1. The first kappa shape index (κ1) is 29.1. The first-order chi connectivity index (χ1) is 16.2. The third-order valence-electron chi connectivity index (χ3n) is 5.87. The average molecular weight is 523 g/mol. The predicted octanol–water partition coefficient (Wildman–Crippen LogP) is 4.24. The number of rotatable bonds is 7. The molecule has 1 amide bonds. The van der Waals surface area contributed by atoms with Crippen molar-refractivity contribution in [3.8, 4) is 0 Å². The highest BCUT2D eigenvalue weighted by molar-refractivity contribution is 7.80. The van der Waals surface area contributed by atoms with Gasteiger partial charge in [-0.15, -0.1) is 0 Å². The van der Waals surface area contributed by atoms with Crippen LogP contribution in [0.5, 0.6) is 0 Å². The summed E-state index contributed by atoms with van der Waals surface area (Å²) in [6.07, 6.45) is 6.82. The Labute approximate surface area is 220 Å². The van der Waals surface area contributed by atoms with E-state index in [-0.39, 0.29) is 24.5 Å². The van der Waals surface area contributed by atoms with Crippen molar-refractivity contribution in [1.29, 1.82) is 0 Å². The van der Waals surface area contributed by atoms with Crippen LogP contribution in [0.3, 0.4) is 0 Å². The molecule has 1 aromatic rings. The number of carbonyl (C=O) groups is 2. The van der Waals surface area contributed by atoms with Crippen LogP contribution in [0.15, 0.2) is 36.4 Å². The van der Waals surface area contributed by atoms with Crippen LogP contribution in [0.25, 0.3) is 0 Å². The van der Waals surface area contributed by atoms with E-state index in [1.807, 2.05) is 45.0 Å². The van der Waals surface area contributed by atoms with Crippen LogP contribution in [0.2, 0.25) is 5.02 Å². The molecule has 3 atom stereocenters. The fourth-order valence-corrected chi connectivity index (χ4v) is 4.71. The molecule has 0 bridgehead atoms. The summed E-state index contributed by atoms with van der Waals surface area (Å²) in [5.74, 6) is -0.603. The SMILES string of the molecule is CC(=O)OC[C@@](C)(C=C[C@@H]1CCCN1C(=S)N(NC(=O)[C@H](C)N)C(C)(C)C)Cc1cccc(Cl)c1. The predicted molar refractivity (Wildman–Crippen MR) is 145 cm³/mol. The number of halogens is 1. The van der Waals surface area contributed by atoms with Crippen molar-refractivity contribution in [2.24, 2.45) is 11.1 Å². The van der Waals surface area contributed by atoms with Crippen LogP contribution >= 0.6 is 23.8 Å². The number of hydrogen-bond acceptors (Lipinski definition) is 5. The maximum absolute atomic E-state index is 12.4. The van der Waals surface area contributed by atoms with Gasteiger partial charge < -0.3 is 15.4 Å². The highest BCUT2D eigenvalue weighted by Gasteiger charge is 2.34. The molecule has 2 rings (SSSR count). The van der Waals surface area contributed by atoms with E-state index in [9.17, 15) is 9.59 Å². The molecule has 1 heterocycles. The third kappa shape index (κ3) is 8.78. The van der Waals surface area contributed by atoms with E-state index in [0.29, 0.717) is 16.6 Å². The van der Waals surface area contributed by atoms with Crippen LogP contribution < -0.4 is 11.2 Å². The van der Waals surface area contributed by atoms with Crippen molar-refractivity contribution < 1.29 is 14.3 Å². The molecule has 0 aromatic heterocycles. The van der Waals surface area contributed by atoms with Crippen LogP contribution in [0.4, 0.5) is 0 Å². The fourth-order valence-electron chi connectivity index (χ4n) is 3.95. The van der Waals surface area contributed by atoms with Crippen molar-refractivity contribution in [1.82, 2.24) is 15.3 Å². The lowest BCUT2D eigenvalue weighted by molar-refractivity contribution is -0.143. The Morgan fingerprint density at radius 1 is 1.37 bits per heavy atom. The van der Waals surface area contributed by atoms with Crippen molar-refractivity contribution in [2.75, 3.05) is 13.2 Å². The van der Waals surface area contributed by atoms with Crippen LogP contribution in [0.1, 0.15) is 59.9 Å². The highest BCUT2D eigenvalue weighted by atomic mass is 35.5. The molecule has 0 aliphatic carbocycles. The van der Waals surface area contributed by atoms with Crippen LogP contribution in [0, 0.1) is 5.41 Å². The second kappa shape index (κ2) is 12.2. The maximum Gasteiger partial charge on any atom is 0.302 e. The number of thiocarbonyl (C=S) groups is 1. The number of nitrogens with zero attached hydrogens (tertiary/aromatic N) is 2. The average Bonchev–Trinajstić information content (AvgIpc) is 3.22. The molecule has 0 spiro atoms. The van der Waals surface area contributed by atoms with Gasteiger partial charge in [0, 0.05) is 29.9 Å². The van der Waals surface area contributed by atoms with Gasteiger partial charge >= 0.3 is 5.97 Å². The molecule has 7 nitrogen and oxygen atoms in total. The number of carbonyl (C=O) groups excluding carboxylic acids is 2. The van der Waals surface area contributed by atoms with Crippen molar-refractivity contribution in [3.05, 3.63) is 47.0 Å². The summed E-state index contributed by atoms with van der Waals surface area (Å²) in [6, 6.07) is 7.11. The number of amides is 1. The number of likely N-dealkylation sites (tertiary alicyclic amines) is 1. The molecule has 0 saturated carbocycles. The van der Waals surface area contributed by atoms with Gasteiger partial charge in [-0.05, 0) is 76.9 Å². The van der Waals surface area contributed by atoms with Gasteiger partial charge in [-0.3, -0.25) is 20.0 Å². The first-order valence-corrected chi connectivity index (χ1v) is 12.7. The quantitative estimate of drug-likeness (QED) is 0.240. The summed E-state index contributed by atoms with van der Waals surface area (Å²) in [5.41, 5.74) is 8.86. The molecule has 1 aromatic carbocycles. The standard InChI is InChI=1S/C26H39ClN4O3S/c1-18(28)23(33)29-31(25(3,4)5)24(35)30-14-8-11-22(30)12-13-26(6,17-34-19(2)32)16-20-9-7-10-21(27)15-20/h7,9-10,12-13,15,18,22H,8,11,14,16-17,28H2,1-6H3,(H,29,33)/t18-,22-,26-/m0/s1. The summed E-state index contributed by atoms with van der Waals surface area (Å²) in [4.78, 5) is 26.1. The molecule has 0 unspecified atom stereocenters. The van der Waals surface area contributed by atoms with E-state index in [1.54, 1.807) is 11.9 Å². The zero-order chi connectivity index (χ0) is 26.4. The number of nitrogens with two attached hydrogens (primary N) is 1. The molecule has 1 aliphatic heterocycles. The zero-order valence-electron chi connectivity index (χ0n) is 21.6. The summed E-state index contributed by atoms with van der Waals surface area (Å²) >= 11 is 12.0. The van der Waals surface area contributed by atoms with Gasteiger partial charge in [-0.1, -0.05) is 42.8 Å². The minimum absolute atomic E-state index is 0.0515. The van der Waals surface area contributed by atoms with Crippen molar-refractivity contribution in [3.63, 3.8) is 0 Å². The van der Waals surface area contributed by atoms with Gasteiger partial charge in [0.2, 0.25) is 0 Å². The molecule has 1 saturated heterocycles. The maximum atomic E-state index is 12.4. The van der Waals surface area contributed by atoms with Crippen LogP contribution in [-0.2, 0) is 20.7 Å². The van der Waals surface area contributed by atoms with Crippen LogP contribution in [-0.4, -0.2) is 57.7 Å². The summed E-state index contributed by atoms with van der Waals surface area (Å²) in [6.45, 7) is 12.1. The van der Waals surface area contributed by atoms with E-state index in [2.05, 4.69) is 29.4 Å². The minimum atomic E-state index is -0.648. The van der Waals surface area contributed by atoms with E-state index in [4.69, 9.17) is 34.3 Å². The smallest absolute Gasteiger partial charge is 0.302 e. The number of hydrazine groups is 1. The molecular formula is C26H39ClN4O3S. The van der Waals surface area contributed by atoms with E-state index in [1.165, 1.54) is 6.92 Å². The Kier molecular flexibility index (Phi) is 10.1. The third-order valence-corrected chi connectivity index (χ3v) is 6.52. The molecule has 0 radical (unpaired) electrons. The van der Waals surface area contributed by atoms with Gasteiger partial charge in [0.05, 0.1) is 11.6 Å². The Morgan fingerprint density at radius 3 is 2.63 bits per heavy atom. The number of hydrogen-bond donors (Lipinski definition) is 2. The Bertz CT molecular complexity index is 947. The van der Waals surface area contributed by atoms with Gasteiger partial charge in [0.1, 0.15) is 6.61 Å². The second-order valence-electron chi connectivity index (χ2n) is 10.6. The molecular weight excluding hydrogens is 484 g/mol. The monoisotopic (exact) mass is 522 g/mol. The molecule has 194 valence electrons. The van der Waals surface area contributed by atoms with Gasteiger partial charge in [-0.2, -0.15) is 0 Å².